The van der Waals surface area contributed by atoms with Crippen molar-refractivity contribution in [3.8, 4) is 0 Å². The normalized spacial score (nSPS) is 11.6. The van der Waals surface area contributed by atoms with E-state index < -0.39 is 11.7 Å². The molecule has 0 fully saturated rings. The molecule has 0 radical (unpaired) electrons. The second-order valence-corrected chi connectivity index (χ2v) is 6.91. The summed E-state index contributed by atoms with van der Waals surface area (Å²) >= 11 is 0. The van der Waals surface area contributed by atoms with Crippen molar-refractivity contribution in [2.75, 3.05) is 26.2 Å². The molecule has 3 N–H and O–H groups in total. The fourth-order valence-electron chi connectivity index (χ4n) is 2.33. The highest BCUT2D eigenvalue weighted by molar-refractivity contribution is 14.0. The Kier molecular flexibility index (Phi) is 9.97. The van der Waals surface area contributed by atoms with Crippen LogP contribution < -0.4 is 16.0 Å². The van der Waals surface area contributed by atoms with E-state index in [-0.39, 0.29) is 24.0 Å². The van der Waals surface area contributed by atoms with Crippen LogP contribution in [0.25, 0.3) is 5.65 Å². The molecule has 2 heterocycles. The molecule has 0 saturated carbocycles. The maximum atomic E-state index is 11.6. The van der Waals surface area contributed by atoms with Gasteiger partial charge in [-0.3, -0.25) is 9.39 Å². The number of aromatic nitrogens is 3. The van der Waals surface area contributed by atoms with E-state index in [0.717, 1.165) is 18.0 Å². The lowest BCUT2D eigenvalue weighted by Crippen LogP contribution is -2.42. The van der Waals surface area contributed by atoms with Gasteiger partial charge >= 0.3 is 6.09 Å². The number of hydrogen-bond acceptors (Lipinski definition) is 5. The van der Waals surface area contributed by atoms with Crippen LogP contribution in [-0.2, 0) is 11.2 Å². The Bertz CT molecular complexity index is 771. The number of nitrogens with one attached hydrogen (secondary N) is 3. The van der Waals surface area contributed by atoms with Gasteiger partial charge in [-0.1, -0.05) is 6.07 Å². The van der Waals surface area contributed by atoms with Crippen molar-refractivity contribution in [2.45, 2.75) is 39.7 Å². The molecule has 156 valence electrons. The first kappa shape index (κ1) is 23.9. The molecular formula is C18H30IN7O2. The summed E-state index contributed by atoms with van der Waals surface area (Å²) in [6, 6.07) is 5.81. The Labute approximate surface area is 182 Å². The highest BCUT2D eigenvalue weighted by Gasteiger charge is 2.15. The second-order valence-electron chi connectivity index (χ2n) is 6.91. The van der Waals surface area contributed by atoms with Crippen molar-refractivity contribution in [3.05, 3.63) is 30.2 Å². The zero-order valence-corrected chi connectivity index (χ0v) is 19.2. The lowest BCUT2D eigenvalue weighted by Gasteiger charge is -2.19. The zero-order chi connectivity index (χ0) is 19.7. The lowest BCUT2D eigenvalue weighted by molar-refractivity contribution is 0.0529. The van der Waals surface area contributed by atoms with E-state index in [2.05, 4.69) is 31.1 Å². The summed E-state index contributed by atoms with van der Waals surface area (Å²) in [6.45, 7) is 9.80. The third-order valence-electron chi connectivity index (χ3n) is 3.42. The number of ether oxygens (including phenoxy) is 1. The Hall–Kier alpha value is -2.11. The molecule has 0 aromatic carbocycles. The number of carbonyl (C=O) groups excluding carboxylic acids is 1. The highest BCUT2D eigenvalue weighted by atomic mass is 127. The summed E-state index contributed by atoms with van der Waals surface area (Å²) in [6.07, 6.45) is 2.20. The number of fused-ring (bicyclic) bond motifs is 1. The molecule has 28 heavy (non-hydrogen) atoms. The maximum absolute atomic E-state index is 11.6. The fourth-order valence-corrected chi connectivity index (χ4v) is 2.33. The number of nitrogens with zero attached hydrogens (tertiary/aromatic N) is 4. The van der Waals surface area contributed by atoms with E-state index in [1.165, 1.54) is 0 Å². The van der Waals surface area contributed by atoms with E-state index in [1.54, 1.807) is 0 Å². The first-order valence-electron chi connectivity index (χ1n) is 9.16. The lowest BCUT2D eigenvalue weighted by atomic mass is 10.2. The average Bonchev–Trinajstić information content (AvgIpc) is 3.00. The SMILES string of the molecule is CCNC(=NCCc1nnc2ccccn12)NCCNC(=O)OC(C)(C)C.I. The van der Waals surface area contributed by atoms with E-state index in [4.69, 9.17) is 4.74 Å². The quantitative estimate of drug-likeness (QED) is 0.231. The monoisotopic (exact) mass is 503 g/mol. The molecule has 0 bridgehead atoms. The van der Waals surface area contributed by atoms with Gasteiger partial charge in [0.1, 0.15) is 11.4 Å². The third-order valence-corrected chi connectivity index (χ3v) is 3.42. The van der Waals surface area contributed by atoms with Gasteiger partial charge in [0.05, 0.1) is 0 Å². The molecule has 2 aromatic rings. The van der Waals surface area contributed by atoms with Crippen molar-refractivity contribution in [2.24, 2.45) is 4.99 Å². The molecule has 0 spiro atoms. The standard InChI is InChI=1S/C18H29N7O2.HI/c1-5-19-16(21-11-12-22-17(26)27-18(2,3)4)20-10-9-15-24-23-14-8-6-7-13-25(14)15;/h6-8,13H,5,9-12H2,1-4H3,(H,22,26)(H2,19,20,21);1H. The van der Waals surface area contributed by atoms with Gasteiger partial charge in [0.25, 0.3) is 0 Å². The molecule has 2 aromatic heterocycles. The summed E-state index contributed by atoms with van der Waals surface area (Å²) in [5.41, 5.74) is 0.328. The molecule has 0 aliphatic heterocycles. The number of hydrogen-bond donors (Lipinski definition) is 3. The molecule has 0 atom stereocenters. The molecule has 0 aliphatic carbocycles. The van der Waals surface area contributed by atoms with Crippen molar-refractivity contribution >= 4 is 41.7 Å². The van der Waals surface area contributed by atoms with Crippen molar-refractivity contribution in [1.82, 2.24) is 30.5 Å². The fraction of sp³-hybridized carbons (Fsp3) is 0.556. The van der Waals surface area contributed by atoms with Gasteiger partial charge in [0.2, 0.25) is 0 Å². The van der Waals surface area contributed by atoms with Crippen LogP contribution in [0, 0.1) is 0 Å². The Balaban J connectivity index is 0.00000392. The molecule has 1 amide bonds. The predicted molar refractivity (Wildman–Crippen MR) is 120 cm³/mol. The first-order chi connectivity index (χ1) is 12.9. The summed E-state index contributed by atoms with van der Waals surface area (Å²) in [7, 11) is 0. The number of rotatable bonds is 7. The smallest absolute Gasteiger partial charge is 0.407 e. The van der Waals surface area contributed by atoms with Gasteiger partial charge in [-0.05, 0) is 39.8 Å². The minimum atomic E-state index is -0.500. The van der Waals surface area contributed by atoms with Crippen LogP contribution in [0.15, 0.2) is 29.4 Å². The van der Waals surface area contributed by atoms with E-state index in [0.29, 0.717) is 32.0 Å². The number of amides is 1. The Morgan fingerprint density at radius 2 is 1.93 bits per heavy atom. The third kappa shape index (κ3) is 8.28. The van der Waals surface area contributed by atoms with Gasteiger partial charge in [0.15, 0.2) is 11.6 Å². The van der Waals surface area contributed by atoms with Gasteiger partial charge in [-0.15, -0.1) is 34.2 Å². The highest BCUT2D eigenvalue weighted by Crippen LogP contribution is 2.06. The Morgan fingerprint density at radius 3 is 2.64 bits per heavy atom. The molecule has 0 saturated heterocycles. The molecule has 10 heteroatoms. The van der Waals surface area contributed by atoms with Crippen molar-refractivity contribution in [1.29, 1.82) is 0 Å². The van der Waals surface area contributed by atoms with Crippen LogP contribution in [0.4, 0.5) is 4.79 Å². The summed E-state index contributed by atoms with van der Waals surface area (Å²) in [5, 5.41) is 17.4. The minimum absolute atomic E-state index is 0. The molecule has 0 unspecified atom stereocenters. The van der Waals surface area contributed by atoms with E-state index >= 15 is 0 Å². The number of guanidine groups is 1. The van der Waals surface area contributed by atoms with Crippen LogP contribution in [0.1, 0.15) is 33.5 Å². The molecule has 9 nitrogen and oxygen atoms in total. The maximum Gasteiger partial charge on any atom is 0.407 e. The zero-order valence-electron chi connectivity index (χ0n) is 16.9. The second kappa shape index (κ2) is 11.7. The summed E-state index contributed by atoms with van der Waals surface area (Å²) in [5.74, 6) is 1.56. The van der Waals surface area contributed by atoms with Crippen LogP contribution in [0.5, 0.6) is 0 Å². The van der Waals surface area contributed by atoms with Crippen molar-refractivity contribution in [3.63, 3.8) is 0 Å². The Morgan fingerprint density at radius 1 is 1.18 bits per heavy atom. The van der Waals surface area contributed by atoms with E-state index in [1.807, 2.05) is 56.5 Å². The first-order valence-corrected chi connectivity index (χ1v) is 9.16. The minimum Gasteiger partial charge on any atom is -0.444 e. The summed E-state index contributed by atoms with van der Waals surface area (Å²) < 4.78 is 7.15. The van der Waals surface area contributed by atoms with Crippen molar-refractivity contribution < 1.29 is 9.53 Å². The molecular weight excluding hydrogens is 473 g/mol. The number of aliphatic imine (C=N–C) groups is 1. The largest absolute Gasteiger partial charge is 0.444 e. The topological polar surface area (TPSA) is 105 Å². The summed E-state index contributed by atoms with van der Waals surface area (Å²) in [4.78, 5) is 16.2. The van der Waals surface area contributed by atoms with Gasteiger partial charge in [0, 0.05) is 38.8 Å². The van der Waals surface area contributed by atoms with Gasteiger partial charge in [-0.2, -0.15) is 0 Å². The van der Waals surface area contributed by atoms with Gasteiger partial charge in [-0.25, -0.2) is 4.79 Å². The molecule has 0 aliphatic rings. The van der Waals surface area contributed by atoms with Crippen LogP contribution >= 0.6 is 24.0 Å². The predicted octanol–water partition coefficient (Wildman–Crippen LogP) is 1.97. The number of halogens is 1. The van der Waals surface area contributed by atoms with Gasteiger partial charge < -0.3 is 20.7 Å². The van der Waals surface area contributed by atoms with Crippen LogP contribution in [0.2, 0.25) is 0 Å². The number of pyridine rings is 1. The average molecular weight is 503 g/mol. The van der Waals surface area contributed by atoms with E-state index in [9.17, 15) is 4.79 Å². The number of alkyl carbamates (subject to hydrolysis) is 1. The number of carbonyl (C=O) groups is 1. The molecule has 2 rings (SSSR count). The van der Waals surface area contributed by atoms with Crippen LogP contribution in [0.3, 0.4) is 0 Å². The van der Waals surface area contributed by atoms with Crippen LogP contribution in [-0.4, -0.2) is 58.4 Å².